The Hall–Kier alpha value is -1.95. The van der Waals surface area contributed by atoms with Gasteiger partial charge in [-0.05, 0) is 25.1 Å². The van der Waals surface area contributed by atoms with Gasteiger partial charge in [-0.25, -0.2) is 9.48 Å². The predicted octanol–water partition coefficient (Wildman–Crippen LogP) is 2.39. The summed E-state index contributed by atoms with van der Waals surface area (Å²) in [5.41, 5.74) is 0.860. The van der Waals surface area contributed by atoms with Crippen molar-refractivity contribution in [1.82, 2.24) is 9.78 Å². The van der Waals surface area contributed by atoms with Crippen LogP contribution in [0.5, 0.6) is 0 Å². The van der Waals surface area contributed by atoms with Crippen molar-refractivity contribution in [2.75, 3.05) is 6.61 Å². The lowest BCUT2D eigenvalue weighted by molar-refractivity contribution is 0.0523. The molecule has 104 valence electrons. The van der Waals surface area contributed by atoms with E-state index in [2.05, 4.69) is 21.0 Å². The van der Waals surface area contributed by atoms with Gasteiger partial charge in [-0.2, -0.15) is 5.10 Å². The minimum atomic E-state index is -0.633. The monoisotopic (exact) mass is 336 g/mol. The molecule has 0 fully saturated rings. The fraction of sp³-hybridized carbons (Fsp3) is 0.214. The first-order valence-corrected chi connectivity index (χ1v) is 6.83. The van der Waals surface area contributed by atoms with Crippen LogP contribution in [0.25, 0.3) is 11.3 Å². The van der Waals surface area contributed by atoms with Crippen molar-refractivity contribution < 1.29 is 9.53 Å². The Bertz CT molecular complexity index is 710. The summed E-state index contributed by atoms with van der Waals surface area (Å²) in [7, 11) is 1.51. The molecule has 1 aromatic carbocycles. The standard InChI is InChI=1S/C14H13BrN2O3/c1-3-20-14(19)11-8-12(16-17(2)13(11)18)9-5-4-6-10(15)7-9/h4-8H,3H2,1-2H3. The first kappa shape index (κ1) is 14.5. The molecule has 0 saturated carbocycles. The van der Waals surface area contributed by atoms with E-state index in [-0.39, 0.29) is 12.2 Å². The quantitative estimate of drug-likeness (QED) is 0.807. The van der Waals surface area contributed by atoms with E-state index in [1.807, 2.05) is 24.3 Å². The van der Waals surface area contributed by atoms with Crippen LogP contribution in [0.3, 0.4) is 0 Å². The fourth-order valence-electron chi connectivity index (χ4n) is 1.75. The van der Waals surface area contributed by atoms with Gasteiger partial charge in [0.2, 0.25) is 0 Å². The maximum atomic E-state index is 11.9. The van der Waals surface area contributed by atoms with Crippen LogP contribution >= 0.6 is 15.9 Å². The SMILES string of the molecule is CCOC(=O)c1cc(-c2cccc(Br)c2)nn(C)c1=O. The summed E-state index contributed by atoms with van der Waals surface area (Å²) < 4.78 is 6.92. The van der Waals surface area contributed by atoms with Gasteiger partial charge >= 0.3 is 5.97 Å². The molecule has 0 unspecified atom stereocenters. The van der Waals surface area contributed by atoms with Crippen molar-refractivity contribution in [1.29, 1.82) is 0 Å². The van der Waals surface area contributed by atoms with Gasteiger partial charge in [-0.1, -0.05) is 28.1 Å². The topological polar surface area (TPSA) is 61.2 Å². The second-order valence-corrected chi connectivity index (χ2v) is 5.02. The van der Waals surface area contributed by atoms with E-state index in [0.717, 1.165) is 14.7 Å². The third-order valence-corrected chi connectivity index (χ3v) is 3.17. The van der Waals surface area contributed by atoms with Crippen LogP contribution in [0.1, 0.15) is 17.3 Å². The summed E-state index contributed by atoms with van der Waals surface area (Å²) in [4.78, 5) is 23.7. The number of ether oxygens (including phenoxy) is 1. The molecule has 5 nitrogen and oxygen atoms in total. The molecule has 1 heterocycles. The number of hydrogen-bond acceptors (Lipinski definition) is 4. The maximum absolute atomic E-state index is 11.9. The average Bonchev–Trinajstić information content (AvgIpc) is 2.42. The van der Waals surface area contributed by atoms with Gasteiger partial charge in [-0.3, -0.25) is 4.79 Å². The zero-order valence-corrected chi connectivity index (χ0v) is 12.7. The number of aryl methyl sites for hydroxylation is 1. The van der Waals surface area contributed by atoms with E-state index in [1.165, 1.54) is 13.1 Å². The number of rotatable bonds is 3. The summed E-state index contributed by atoms with van der Waals surface area (Å²) in [6, 6.07) is 8.92. The summed E-state index contributed by atoms with van der Waals surface area (Å²) in [6.45, 7) is 1.91. The van der Waals surface area contributed by atoms with Crippen molar-refractivity contribution >= 4 is 21.9 Å². The van der Waals surface area contributed by atoms with Gasteiger partial charge in [0.1, 0.15) is 5.56 Å². The smallest absolute Gasteiger partial charge is 0.343 e. The van der Waals surface area contributed by atoms with Crippen molar-refractivity contribution in [3.05, 3.63) is 50.7 Å². The number of benzene rings is 1. The van der Waals surface area contributed by atoms with Crippen molar-refractivity contribution in [2.24, 2.45) is 7.05 Å². The molecule has 20 heavy (non-hydrogen) atoms. The Labute approximate surface area is 124 Å². The highest BCUT2D eigenvalue weighted by Gasteiger charge is 2.16. The van der Waals surface area contributed by atoms with Crippen molar-refractivity contribution in [3.63, 3.8) is 0 Å². The lowest BCUT2D eigenvalue weighted by Crippen LogP contribution is -2.27. The van der Waals surface area contributed by atoms with Crippen molar-refractivity contribution in [3.8, 4) is 11.3 Å². The molecule has 0 aliphatic heterocycles. The van der Waals surface area contributed by atoms with E-state index >= 15 is 0 Å². The van der Waals surface area contributed by atoms with Crippen LogP contribution in [0.4, 0.5) is 0 Å². The first-order valence-electron chi connectivity index (χ1n) is 6.04. The molecule has 0 bridgehead atoms. The lowest BCUT2D eigenvalue weighted by atomic mass is 10.1. The molecule has 0 atom stereocenters. The molecule has 0 radical (unpaired) electrons. The molecule has 2 aromatic rings. The minimum absolute atomic E-state index is 0.0145. The van der Waals surface area contributed by atoms with Crippen molar-refractivity contribution in [2.45, 2.75) is 6.92 Å². The highest BCUT2D eigenvalue weighted by molar-refractivity contribution is 9.10. The number of aromatic nitrogens is 2. The van der Waals surface area contributed by atoms with Gasteiger partial charge in [0, 0.05) is 17.1 Å². The molecular weight excluding hydrogens is 324 g/mol. The third kappa shape index (κ3) is 2.96. The Morgan fingerprint density at radius 3 is 2.80 bits per heavy atom. The van der Waals surface area contributed by atoms with Crippen LogP contribution in [-0.4, -0.2) is 22.4 Å². The Kier molecular flexibility index (Phi) is 4.34. The van der Waals surface area contributed by atoms with Crippen LogP contribution in [-0.2, 0) is 11.8 Å². The second-order valence-electron chi connectivity index (χ2n) is 4.10. The molecular formula is C14H13BrN2O3. The summed E-state index contributed by atoms with van der Waals surface area (Å²) in [5.74, 6) is -0.633. The van der Waals surface area contributed by atoms with Gasteiger partial charge in [0.05, 0.1) is 12.3 Å². The molecule has 0 amide bonds. The fourth-order valence-corrected chi connectivity index (χ4v) is 2.15. The van der Waals surface area contributed by atoms with Crippen LogP contribution in [0.2, 0.25) is 0 Å². The van der Waals surface area contributed by atoms with E-state index in [4.69, 9.17) is 4.74 Å². The van der Waals surface area contributed by atoms with Gasteiger partial charge in [-0.15, -0.1) is 0 Å². The molecule has 1 aromatic heterocycles. The summed E-state index contributed by atoms with van der Waals surface area (Å²) in [6.07, 6.45) is 0. The normalized spacial score (nSPS) is 10.3. The largest absolute Gasteiger partial charge is 0.462 e. The number of hydrogen-bond donors (Lipinski definition) is 0. The number of nitrogens with zero attached hydrogens (tertiary/aromatic N) is 2. The lowest BCUT2D eigenvalue weighted by Gasteiger charge is -2.07. The highest BCUT2D eigenvalue weighted by atomic mass is 79.9. The maximum Gasteiger partial charge on any atom is 0.343 e. The minimum Gasteiger partial charge on any atom is -0.462 e. The van der Waals surface area contributed by atoms with Crippen LogP contribution < -0.4 is 5.56 Å². The number of carbonyl (C=O) groups excluding carboxylic acids is 1. The second kappa shape index (κ2) is 6.00. The molecule has 0 saturated heterocycles. The molecule has 0 aliphatic rings. The molecule has 6 heteroatoms. The third-order valence-electron chi connectivity index (χ3n) is 2.68. The van der Waals surface area contributed by atoms with E-state index in [9.17, 15) is 9.59 Å². The Morgan fingerprint density at radius 2 is 2.15 bits per heavy atom. The zero-order valence-electron chi connectivity index (χ0n) is 11.1. The number of carbonyl (C=O) groups is 1. The van der Waals surface area contributed by atoms with E-state index < -0.39 is 11.5 Å². The van der Waals surface area contributed by atoms with E-state index in [0.29, 0.717) is 5.69 Å². The molecule has 0 spiro atoms. The van der Waals surface area contributed by atoms with E-state index in [1.54, 1.807) is 6.92 Å². The molecule has 2 rings (SSSR count). The first-order chi connectivity index (χ1) is 9.52. The molecule has 0 aliphatic carbocycles. The number of esters is 1. The number of halogens is 1. The highest BCUT2D eigenvalue weighted by Crippen LogP contribution is 2.21. The van der Waals surface area contributed by atoms with Crippen LogP contribution in [0, 0.1) is 0 Å². The Morgan fingerprint density at radius 1 is 1.40 bits per heavy atom. The Balaban J connectivity index is 2.56. The van der Waals surface area contributed by atoms with Gasteiger partial charge in [0.15, 0.2) is 0 Å². The van der Waals surface area contributed by atoms with Gasteiger partial charge < -0.3 is 4.74 Å². The predicted molar refractivity (Wildman–Crippen MR) is 78.6 cm³/mol. The summed E-state index contributed by atoms with van der Waals surface area (Å²) >= 11 is 3.38. The molecule has 0 N–H and O–H groups in total. The zero-order chi connectivity index (χ0) is 14.7. The van der Waals surface area contributed by atoms with Crippen LogP contribution in [0.15, 0.2) is 39.6 Å². The summed E-state index contributed by atoms with van der Waals surface area (Å²) in [5, 5.41) is 4.16. The van der Waals surface area contributed by atoms with Gasteiger partial charge in [0.25, 0.3) is 5.56 Å². The average molecular weight is 337 g/mol.